The van der Waals surface area contributed by atoms with Crippen LogP contribution in [0.1, 0.15) is 82.0 Å². The number of rotatable bonds is 14. The van der Waals surface area contributed by atoms with E-state index < -0.39 is 0 Å². The predicted octanol–water partition coefficient (Wildman–Crippen LogP) is 6.68. The van der Waals surface area contributed by atoms with Gasteiger partial charge in [0.05, 0.1) is 18.1 Å². The molecule has 36 heavy (non-hydrogen) atoms. The molecule has 6 nitrogen and oxygen atoms in total. The van der Waals surface area contributed by atoms with Crippen LogP contribution in [0.4, 0.5) is 5.82 Å². The fourth-order valence-corrected chi connectivity index (χ4v) is 4.22. The Morgan fingerprint density at radius 2 is 1.64 bits per heavy atom. The van der Waals surface area contributed by atoms with E-state index in [-0.39, 0.29) is 5.91 Å². The van der Waals surface area contributed by atoms with Crippen molar-refractivity contribution in [1.82, 2.24) is 14.9 Å². The second-order valence-corrected chi connectivity index (χ2v) is 9.52. The van der Waals surface area contributed by atoms with Crippen LogP contribution in [0.3, 0.4) is 0 Å². The van der Waals surface area contributed by atoms with E-state index in [9.17, 15) is 4.79 Å². The van der Waals surface area contributed by atoms with Gasteiger partial charge in [-0.05, 0) is 37.5 Å². The molecule has 0 saturated carbocycles. The van der Waals surface area contributed by atoms with Crippen molar-refractivity contribution in [3.05, 3.63) is 65.3 Å². The molecule has 0 atom stereocenters. The van der Waals surface area contributed by atoms with Crippen LogP contribution in [0.15, 0.2) is 53.4 Å². The quantitative estimate of drug-likeness (QED) is 0.220. The highest BCUT2D eigenvalue weighted by atomic mass is 16.2. The molecule has 2 heterocycles. The molecule has 2 aromatic rings. The van der Waals surface area contributed by atoms with Crippen molar-refractivity contribution < 1.29 is 4.79 Å². The van der Waals surface area contributed by atoms with E-state index in [2.05, 4.69) is 47.8 Å². The first-order chi connectivity index (χ1) is 17.5. The third-order valence-corrected chi connectivity index (χ3v) is 6.40. The van der Waals surface area contributed by atoms with Crippen LogP contribution in [0.25, 0.3) is 12.2 Å². The number of anilines is 1. The Morgan fingerprint density at radius 3 is 2.25 bits per heavy atom. The van der Waals surface area contributed by atoms with Crippen molar-refractivity contribution in [2.75, 3.05) is 25.0 Å². The lowest BCUT2D eigenvalue weighted by atomic mass is 10.1. The molecule has 3 rings (SSSR count). The van der Waals surface area contributed by atoms with Gasteiger partial charge < -0.3 is 4.90 Å². The Morgan fingerprint density at radius 1 is 0.917 bits per heavy atom. The number of amidine groups is 1. The van der Waals surface area contributed by atoms with Gasteiger partial charge in [-0.3, -0.25) is 14.7 Å². The summed E-state index contributed by atoms with van der Waals surface area (Å²) in [6, 6.07) is 8.21. The SMILES string of the molecule is CCCCCCN(CCCCCC)c1cnc(/C=C2N=C(/C=C/c3cccc(C)c3)N(C)C\2=O)cn1. The zero-order valence-electron chi connectivity index (χ0n) is 22.4. The van der Waals surface area contributed by atoms with Crippen molar-refractivity contribution >= 4 is 29.7 Å². The average Bonchev–Trinajstić information content (AvgIpc) is 3.15. The molecule has 1 aliphatic rings. The highest BCUT2D eigenvalue weighted by Gasteiger charge is 2.25. The minimum absolute atomic E-state index is 0.141. The number of nitrogens with zero attached hydrogens (tertiary/aromatic N) is 5. The Balaban J connectivity index is 1.70. The molecule has 0 spiro atoms. The second-order valence-electron chi connectivity index (χ2n) is 9.52. The first-order valence-corrected chi connectivity index (χ1v) is 13.4. The van der Waals surface area contributed by atoms with E-state index in [1.165, 1.54) is 56.9 Å². The van der Waals surface area contributed by atoms with E-state index in [0.717, 1.165) is 24.5 Å². The van der Waals surface area contributed by atoms with E-state index in [1.54, 1.807) is 24.2 Å². The third-order valence-electron chi connectivity index (χ3n) is 6.40. The van der Waals surface area contributed by atoms with Gasteiger partial charge in [-0.15, -0.1) is 0 Å². The van der Waals surface area contributed by atoms with Crippen molar-refractivity contribution in [2.45, 2.75) is 72.1 Å². The normalized spacial score (nSPS) is 14.8. The molecule has 0 saturated heterocycles. The van der Waals surface area contributed by atoms with E-state index in [0.29, 0.717) is 17.2 Å². The zero-order valence-corrected chi connectivity index (χ0v) is 22.4. The van der Waals surface area contributed by atoms with Crippen LogP contribution in [0.2, 0.25) is 0 Å². The Bertz CT molecular complexity index is 1060. The number of aliphatic imine (C=N–C) groups is 1. The molecule has 1 amide bonds. The smallest absolute Gasteiger partial charge is 0.277 e. The summed E-state index contributed by atoms with van der Waals surface area (Å²) in [7, 11) is 1.74. The summed E-state index contributed by atoms with van der Waals surface area (Å²) in [5.74, 6) is 1.38. The molecule has 1 aromatic carbocycles. The van der Waals surface area contributed by atoms with Gasteiger partial charge in [0.1, 0.15) is 17.4 Å². The monoisotopic (exact) mass is 487 g/mol. The summed E-state index contributed by atoms with van der Waals surface area (Å²) in [5, 5.41) is 0. The zero-order chi connectivity index (χ0) is 25.8. The molecule has 0 N–H and O–H groups in total. The van der Waals surface area contributed by atoms with Gasteiger partial charge in [0, 0.05) is 20.1 Å². The molecule has 1 aliphatic heterocycles. The second kappa shape index (κ2) is 14.3. The molecule has 6 heteroatoms. The van der Waals surface area contributed by atoms with E-state index in [4.69, 9.17) is 4.98 Å². The van der Waals surface area contributed by atoms with Gasteiger partial charge in [-0.1, -0.05) is 88.3 Å². The molecule has 0 bridgehead atoms. The number of likely N-dealkylation sites (N-methyl/N-ethyl adjacent to an activating group) is 1. The van der Waals surface area contributed by atoms with Gasteiger partial charge >= 0.3 is 0 Å². The van der Waals surface area contributed by atoms with Gasteiger partial charge in [-0.25, -0.2) is 9.98 Å². The lowest BCUT2D eigenvalue weighted by molar-refractivity contribution is -0.121. The van der Waals surface area contributed by atoms with Crippen molar-refractivity contribution in [2.24, 2.45) is 4.99 Å². The summed E-state index contributed by atoms with van der Waals surface area (Å²) >= 11 is 0. The fourth-order valence-electron chi connectivity index (χ4n) is 4.22. The molecule has 0 aliphatic carbocycles. The number of hydrogen-bond donors (Lipinski definition) is 0. The molecule has 0 unspecified atom stereocenters. The number of carbonyl (C=O) groups excluding carboxylic acids is 1. The minimum atomic E-state index is -0.141. The summed E-state index contributed by atoms with van der Waals surface area (Å²) in [4.78, 5) is 30.5. The summed E-state index contributed by atoms with van der Waals surface area (Å²) in [5.41, 5.74) is 3.28. The van der Waals surface area contributed by atoms with E-state index in [1.807, 2.05) is 30.5 Å². The number of amides is 1. The third kappa shape index (κ3) is 8.14. The predicted molar refractivity (Wildman–Crippen MR) is 151 cm³/mol. The summed E-state index contributed by atoms with van der Waals surface area (Å²) in [6.07, 6.45) is 19.0. The van der Waals surface area contributed by atoms with Crippen molar-refractivity contribution in [3.8, 4) is 0 Å². The Kier molecular flexibility index (Phi) is 10.9. The average molecular weight is 488 g/mol. The summed E-state index contributed by atoms with van der Waals surface area (Å²) < 4.78 is 0. The molecule has 0 radical (unpaired) electrons. The fraction of sp³-hybridized carbons (Fsp3) is 0.467. The van der Waals surface area contributed by atoms with Crippen LogP contribution < -0.4 is 4.90 Å². The van der Waals surface area contributed by atoms with Crippen LogP contribution in [0, 0.1) is 6.92 Å². The number of hydrogen-bond acceptors (Lipinski definition) is 5. The van der Waals surface area contributed by atoms with Gasteiger partial charge in [0.15, 0.2) is 0 Å². The highest BCUT2D eigenvalue weighted by Crippen LogP contribution is 2.19. The lowest BCUT2D eigenvalue weighted by Crippen LogP contribution is -2.27. The lowest BCUT2D eigenvalue weighted by Gasteiger charge is -2.23. The van der Waals surface area contributed by atoms with Gasteiger partial charge in [0.25, 0.3) is 5.91 Å². The number of aryl methyl sites for hydroxylation is 1. The van der Waals surface area contributed by atoms with Crippen LogP contribution in [-0.4, -0.2) is 46.7 Å². The first-order valence-electron chi connectivity index (χ1n) is 13.4. The molecule has 1 aromatic heterocycles. The Hall–Kier alpha value is -3.28. The largest absolute Gasteiger partial charge is 0.355 e. The summed E-state index contributed by atoms with van der Waals surface area (Å²) in [6.45, 7) is 8.55. The maximum Gasteiger partial charge on any atom is 0.277 e. The first kappa shape index (κ1) is 27.3. The molecule has 192 valence electrons. The molecular weight excluding hydrogens is 446 g/mol. The van der Waals surface area contributed by atoms with Crippen LogP contribution in [-0.2, 0) is 4.79 Å². The Labute approximate surface area is 216 Å². The number of aromatic nitrogens is 2. The van der Waals surface area contributed by atoms with Gasteiger partial charge in [-0.2, -0.15) is 0 Å². The number of unbranched alkanes of at least 4 members (excludes halogenated alkanes) is 6. The van der Waals surface area contributed by atoms with Crippen molar-refractivity contribution in [1.29, 1.82) is 0 Å². The minimum Gasteiger partial charge on any atom is -0.355 e. The molecule has 0 fully saturated rings. The highest BCUT2D eigenvalue weighted by molar-refractivity contribution is 6.18. The van der Waals surface area contributed by atoms with Crippen molar-refractivity contribution in [3.63, 3.8) is 0 Å². The van der Waals surface area contributed by atoms with E-state index >= 15 is 0 Å². The van der Waals surface area contributed by atoms with Crippen LogP contribution >= 0.6 is 0 Å². The topological polar surface area (TPSA) is 61.7 Å². The number of carbonyl (C=O) groups is 1. The number of benzene rings is 1. The maximum absolute atomic E-state index is 12.8. The maximum atomic E-state index is 12.8. The standard InChI is InChI=1S/C30H41N5O/c1-5-7-9-11-18-35(19-12-10-8-6-2)29-23-31-26(22-32-29)21-27-30(36)34(4)28(33-27)17-16-25-15-13-14-24(3)20-25/h13-17,20-23H,5-12,18-19H2,1-4H3/b17-16+,27-21-. The van der Waals surface area contributed by atoms with Gasteiger partial charge in [0.2, 0.25) is 0 Å². The molecular formula is C30H41N5O. The van der Waals surface area contributed by atoms with Crippen LogP contribution in [0.5, 0.6) is 0 Å².